The Morgan fingerprint density at radius 2 is 1.95 bits per heavy atom. The quantitative estimate of drug-likeness (QED) is 0.882. The lowest BCUT2D eigenvalue weighted by molar-refractivity contribution is 0.557. The Morgan fingerprint density at radius 1 is 1.21 bits per heavy atom. The van der Waals surface area contributed by atoms with Crippen molar-refractivity contribution in [3.63, 3.8) is 0 Å². The summed E-state index contributed by atoms with van der Waals surface area (Å²) in [6, 6.07) is 8.38. The first-order valence-corrected chi connectivity index (χ1v) is 7.20. The van der Waals surface area contributed by atoms with E-state index in [0.29, 0.717) is 10.7 Å². The zero-order valence-corrected chi connectivity index (χ0v) is 11.2. The molecule has 0 aliphatic heterocycles. The molecule has 1 N–H and O–H groups in total. The molecule has 4 nitrogen and oxygen atoms in total. The molecule has 0 spiro atoms. The number of hydrogen-bond donors (Lipinski definition) is 1. The predicted molar refractivity (Wildman–Crippen MR) is 69.7 cm³/mol. The van der Waals surface area contributed by atoms with Gasteiger partial charge in [-0.3, -0.25) is 0 Å². The zero-order valence-electron chi connectivity index (χ0n) is 9.68. The SMILES string of the molecule is O=S(=O)(NCc1ccc(Cl)nc1)c1ccccc1F. The molecule has 0 radical (unpaired) electrons. The Kier molecular flexibility index (Phi) is 4.14. The van der Waals surface area contributed by atoms with E-state index in [1.165, 1.54) is 24.4 Å². The van der Waals surface area contributed by atoms with Gasteiger partial charge in [0.05, 0.1) is 0 Å². The van der Waals surface area contributed by atoms with Gasteiger partial charge in [0.25, 0.3) is 0 Å². The van der Waals surface area contributed by atoms with Crippen molar-refractivity contribution in [1.82, 2.24) is 9.71 Å². The van der Waals surface area contributed by atoms with Crippen molar-refractivity contribution in [3.05, 3.63) is 59.1 Å². The summed E-state index contributed by atoms with van der Waals surface area (Å²) in [6.45, 7) is 0.0147. The highest BCUT2D eigenvalue weighted by Crippen LogP contribution is 2.14. The second-order valence-electron chi connectivity index (χ2n) is 3.74. The molecule has 0 saturated carbocycles. The van der Waals surface area contributed by atoms with Crippen molar-refractivity contribution in [2.24, 2.45) is 0 Å². The molecule has 0 saturated heterocycles. The van der Waals surface area contributed by atoms with E-state index in [4.69, 9.17) is 11.6 Å². The third kappa shape index (κ3) is 3.50. The minimum Gasteiger partial charge on any atom is -0.244 e. The Hall–Kier alpha value is -1.50. The zero-order chi connectivity index (χ0) is 13.9. The van der Waals surface area contributed by atoms with Gasteiger partial charge in [-0.2, -0.15) is 0 Å². The molecule has 0 atom stereocenters. The van der Waals surface area contributed by atoms with E-state index in [1.807, 2.05) is 0 Å². The van der Waals surface area contributed by atoms with Crippen LogP contribution in [-0.2, 0) is 16.6 Å². The lowest BCUT2D eigenvalue weighted by atomic mass is 10.3. The highest BCUT2D eigenvalue weighted by atomic mass is 35.5. The first-order chi connectivity index (χ1) is 8.99. The van der Waals surface area contributed by atoms with Gasteiger partial charge in [-0.1, -0.05) is 29.8 Å². The summed E-state index contributed by atoms with van der Waals surface area (Å²) in [4.78, 5) is 3.45. The smallest absolute Gasteiger partial charge is 0.243 e. The van der Waals surface area contributed by atoms with Crippen LogP contribution in [0.4, 0.5) is 4.39 Å². The van der Waals surface area contributed by atoms with Gasteiger partial charge in [-0.05, 0) is 23.8 Å². The summed E-state index contributed by atoms with van der Waals surface area (Å²) < 4.78 is 39.5. The van der Waals surface area contributed by atoms with E-state index in [9.17, 15) is 12.8 Å². The summed E-state index contributed by atoms with van der Waals surface area (Å²) in [5, 5.41) is 0.320. The number of nitrogens with one attached hydrogen (secondary N) is 1. The predicted octanol–water partition coefficient (Wildman–Crippen LogP) is 2.35. The molecule has 100 valence electrons. The fraction of sp³-hybridized carbons (Fsp3) is 0.0833. The fourth-order valence-electron chi connectivity index (χ4n) is 1.43. The highest BCUT2D eigenvalue weighted by Gasteiger charge is 2.17. The molecule has 7 heteroatoms. The van der Waals surface area contributed by atoms with E-state index in [-0.39, 0.29) is 11.4 Å². The van der Waals surface area contributed by atoms with Crippen molar-refractivity contribution in [2.45, 2.75) is 11.4 Å². The average Bonchev–Trinajstić information content (AvgIpc) is 2.38. The van der Waals surface area contributed by atoms with E-state index in [1.54, 1.807) is 12.1 Å². The maximum absolute atomic E-state index is 13.4. The highest BCUT2D eigenvalue weighted by molar-refractivity contribution is 7.89. The van der Waals surface area contributed by atoms with Crippen LogP contribution in [0.25, 0.3) is 0 Å². The van der Waals surface area contributed by atoms with Crippen LogP contribution in [0.1, 0.15) is 5.56 Å². The molecular weight excluding hydrogens is 291 g/mol. The standard InChI is InChI=1S/C12H10ClFN2O2S/c13-12-6-5-9(7-15-12)8-16-19(17,18)11-4-2-1-3-10(11)14/h1-7,16H,8H2. The van der Waals surface area contributed by atoms with Crippen molar-refractivity contribution in [3.8, 4) is 0 Å². The topological polar surface area (TPSA) is 59.1 Å². The van der Waals surface area contributed by atoms with Crippen molar-refractivity contribution in [1.29, 1.82) is 0 Å². The van der Waals surface area contributed by atoms with Gasteiger partial charge in [0.15, 0.2) is 0 Å². The number of nitrogens with zero attached hydrogens (tertiary/aromatic N) is 1. The molecule has 0 bridgehead atoms. The van der Waals surface area contributed by atoms with Crippen molar-refractivity contribution in [2.75, 3.05) is 0 Å². The van der Waals surface area contributed by atoms with Crippen LogP contribution in [0.2, 0.25) is 5.15 Å². The number of pyridine rings is 1. The summed E-state index contributed by atoms with van der Waals surface area (Å²) in [5.41, 5.74) is 0.629. The second kappa shape index (κ2) is 5.64. The molecule has 0 amide bonds. The molecule has 2 aromatic rings. The van der Waals surface area contributed by atoms with Gasteiger partial charge in [-0.15, -0.1) is 0 Å². The third-order valence-electron chi connectivity index (χ3n) is 2.38. The Balaban J connectivity index is 2.14. The first kappa shape index (κ1) is 13.9. The Labute approximate surface area is 115 Å². The maximum Gasteiger partial charge on any atom is 0.243 e. The number of benzene rings is 1. The van der Waals surface area contributed by atoms with Gasteiger partial charge in [0.1, 0.15) is 15.9 Å². The Bertz CT molecular complexity index is 674. The average molecular weight is 301 g/mol. The van der Waals surface area contributed by atoms with E-state index < -0.39 is 15.8 Å². The van der Waals surface area contributed by atoms with E-state index in [2.05, 4.69) is 9.71 Å². The minimum absolute atomic E-state index is 0.0147. The molecule has 1 aromatic carbocycles. The Morgan fingerprint density at radius 3 is 2.58 bits per heavy atom. The molecule has 2 rings (SSSR count). The molecule has 1 heterocycles. The summed E-state index contributed by atoms with van der Waals surface area (Å²) in [7, 11) is -3.89. The lowest BCUT2D eigenvalue weighted by Gasteiger charge is -2.07. The lowest BCUT2D eigenvalue weighted by Crippen LogP contribution is -2.24. The number of sulfonamides is 1. The normalized spacial score (nSPS) is 11.5. The maximum atomic E-state index is 13.4. The number of hydrogen-bond acceptors (Lipinski definition) is 3. The monoisotopic (exact) mass is 300 g/mol. The van der Waals surface area contributed by atoms with Gasteiger partial charge < -0.3 is 0 Å². The van der Waals surface area contributed by atoms with Gasteiger partial charge in [0, 0.05) is 12.7 Å². The molecule has 0 unspecified atom stereocenters. The number of halogens is 2. The molecule has 0 aliphatic rings. The van der Waals surface area contributed by atoms with Crippen LogP contribution in [0.15, 0.2) is 47.5 Å². The fourth-order valence-corrected chi connectivity index (χ4v) is 2.64. The molecule has 1 aromatic heterocycles. The van der Waals surface area contributed by atoms with Gasteiger partial charge in [-0.25, -0.2) is 22.5 Å². The summed E-state index contributed by atoms with van der Waals surface area (Å²) in [5.74, 6) is -0.788. The molecule has 0 fully saturated rings. The third-order valence-corrected chi connectivity index (χ3v) is 4.04. The van der Waals surface area contributed by atoms with E-state index in [0.717, 1.165) is 6.07 Å². The van der Waals surface area contributed by atoms with Crippen LogP contribution in [0.5, 0.6) is 0 Å². The van der Waals surface area contributed by atoms with Crippen LogP contribution in [0, 0.1) is 5.82 Å². The molecular formula is C12H10ClFN2O2S. The molecule has 19 heavy (non-hydrogen) atoms. The summed E-state index contributed by atoms with van der Waals surface area (Å²) >= 11 is 5.62. The largest absolute Gasteiger partial charge is 0.244 e. The summed E-state index contributed by atoms with van der Waals surface area (Å²) in [6.07, 6.45) is 1.45. The van der Waals surface area contributed by atoms with Crippen LogP contribution < -0.4 is 4.72 Å². The molecule has 0 aliphatic carbocycles. The van der Waals surface area contributed by atoms with E-state index >= 15 is 0 Å². The number of rotatable bonds is 4. The van der Waals surface area contributed by atoms with Crippen molar-refractivity contribution >= 4 is 21.6 Å². The number of aromatic nitrogens is 1. The minimum atomic E-state index is -3.89. The first-order valence-electron chi connectivity index (χ1n) is 5.34. The van der Waals surface area contributed by atoms with Gasteiger partial charge in [0.2, 0.25) is 10.0 Å². The van der Waals surface area contributed by atoms with Crippen LogP contribution >= 0.6 is 11.6 Å². The van der Waals surface area contributed by atoms with Crippen LogP contribution in [-0.4, -0.2) is 13.4 Å². The van der Waals surface area contributed by atoms with Gasteiger partial charge >= 0.3 is 0 Å². The second-order valence-corrected chi connectivity index (χ2v) is 5.87. The van der Waals surface area contributed by atoms with Crippen molar-refractivity contribution < 1.29 is 12.8 Å². The van der Waals surface area contributed by atoms with Crippen LogP contribution in [0.3, 0.4) is 0 Å².